The molecule has 45 heavy (non-hydrogen) atoms. The maximum absolute atomic E-state index is 16.0. The third-order valence-electron chi connectivity index (χ3n) is 8.96. The van der Waals surface area contributed by atoms with Crippen LogP contribution in [0.15, 0.2) is 16.9 Å². The van der Waals surface area contributed by atoms with Crippen LogP contribution >= 0.6 is 0 Å². The highest BCUT2D eigenvalue weighted by Gasteiger charge is 2.33. The standard InChI is InChI=1S/C32H47FN6O6/c1-20(34-30(42)45-32(2,3)4)19-44-22-8-6-21(7-9-22)18-37-14-16-38(17-15-37)23-10-11-24-28(27(23)33)36(5)31(43)39(24)25-12-13-26(40)35-29(25)41/h10-11,20-22,25H,6-9,12-19H2,1-5H3,(H,34,42)(H,35,40,41)/t20-,21?,22?,25?/m1/s1/i20D. The van der Waals surface area contributed by atoms with Crippen LogP contribution in [0.4, 0.5) is 14.9 Å². The molecule has 5 rings (SSSR count). The maximum Gasteiger partial charge on any atom is 0.407 e. The zero-order valence-electron chi connectivity index (χ0n) is 28.0. The second-order valence-corrected chi connectivity index (χ2v) is 13.6. The van der Waals surface area contributed by atoms with E-state index in [1.54, 1.807) is 39.8 Å². The van der Waals surface area contributed by atoms with Gasteiger partial charge in [-0.25, -0.2) is 14.0 Å². The molecule has 2 N–H and O–H groups in total. The number of piperazine rings is 1. The van der Waals surface area contributed by atoms with Crippen LogP contribution in [0.5, 0.6) is 0 Å². The van der Waals surface area contributed by atoms with E-state index in [9.17, 15) is 19.2 Å². The van der Waals surface area contributed by atoms with E-state index in [-0.39, 0.29) is 37.0 Å². The second-order valence-electron chi connectivity index (χ2n) is 13.6. The van der Waals surface area contributed by atoms with Crippen LogP contribution in [0.3, 0.4) is 0 Å². The lowest BCUT2D eigenvalue weighted by Crippen LogP contribution is -2.48. The summed E-state index contributed by atoms with van der Waals surface area (Å²) < 4.78 is 38.2. The molecule has 0 spiro atoms. The van der Waals surface area contributed by atoms with Gasteiger partial charge in [0.25, 0.3) is 0 Å². The molecule has 3 heterocycles. The van der Waals surface area contributed by atoms with Crippen LogP contribution in [0.1, 0.15) is 73.6 Å². The minimum absolute atomic E-state index is 0.0527. The summed E-state index contributed by atoms with van der Waals surface area (Å²) in [5, 5.41) is 4.85. The van der Waals surface area contributed by atoms with Crippen molar-refractivity contribution >= 4 is 34.6 Å². The molecule has 1 unspecified atom stereocenters. The van der Waals surface area contributed by atoms with E-state index in [1.165, 1.54) is 16.2 Å². The number of aryl methyl sites for hydroxylation is 1. The Kier molecular flexibility index (Phi) is 9.46. The van der Waals surface area contributed by atoms with Gasteiger partial charge in [0.2, 0.25) is 11.8 Å². The predicted molar refractivity (Wildman–Crippen MR) is 168 cm³/mol. The molecule has 13 heteroatoms. The summed E-state index contributed by atoms with van der Waals surface area (Å²) in [4.78, 5) is 53.7. The Bertz CT molecular complexity index is 1520. The summed E-state index contributed by atoms with van der Waals surface area (Å²) >= 11 is 0. The lowest BCUT2D eigenvalue weighted by atomic mass is 9.87. The summed E-state index contributed by atoms with van der Waals surface area (Å²) in [6.45, 7) is 10.9. The molecule has 2 aromatic rings. The van der Waals surface area contributed by atoms with Gasteiger partial charge in [0, 0.05) is 46.2 Å². The Morgan fingerprint density at radius 1 is 1.11 bits per heavy atom. The van der Waals surface area contributed by atoms with Gasteiger partial charge in [0.15, 0.2) is 5.82 Å². The first-order valence-electron chi connectivity index (χ1n) is 16.4. The quantitative estimate of drug-likeness (QED) is 0.426. The average molecular weight is 632 g/mol. The molecule has 0 radical (unpaired) electrons. The molecule has 1 aliphatic carbocycles. The summed E-state index contributed by atoms with van der Waals surface area (Å²) in [6.07, 6.45) is 3.57. The van der Waals surface area contributed by atoms with Gasteiger partial charge >= 0.3 is 11.8 Å². The van der Waals surface area contributed by atoms with E-state index in [4.69, 9.17) is 10.8 Å². The Hall–Kier alpha value is -3.45. The average Bonchev–Trinajstić information content (AvgIpc) is 3.22. The first kappa shape index (κ1) is 31.5. The Morgan fingerprint density at radius 3 is 2.44 bits per heavy atom. The van der Waals surface area contributed by atoms with Crippen molar-refractivity contribution in [1.82, 2.24) is 24.7 Å². The fourth-order valence-electron chi connectivity index (χ4n) is 6.67. The number of halogens is 1. The molecule has 2 aliphatic heterocycles. The number of hydrogen-bond acceptors (Lipinski definition) is 8. The number of amides is 3. The smallest absolute Gasteiger partial charge is 0.407 e. The number of imidazole rings is 1. The van der Waals surface area contributed by atoms with Crippen molar-refractivity contribution in [1.29, 1.82) is 0 Å². The van der Waals surface area contributed by atoms with E-state index in [2.05, 4.69) is 15.5 Å². The van der Waals surface area contributed by atoms with Crippen molar-refractivity contribution < 1.29 is 29.6 Å². The Morgan fingerprint density at radius 2 is 1.80 bits per heavy atom. The lowest BCUT2D eigenvalue weighted by Gasteiger charge is -2.39. The molecular formula is C32H47FN6O6. The number of benzene rings is 1. The van der Waals surface area contributed by atoms with Crippen molar-refractivity contribution in [3.05, 3.63) is 28.4 Å². The number of fused-ring (bicyclic) bond motifs is 1. The van der Waals surface area contributed by atoms with Crippen LogP contribution in [-0.4, -0.2) is 89.0 Å². The molecule has 3 amide bonds. The zero-order chi connectivity index (χ0) is 33.4. The van der Waals surface area contributed by atoms with E-state index >= 15 is 4.39 Å². The van der Waals surface area contributed by atoms with Gasteiger partial charge in [-0.3, -0.25) is 28.9 Å². The number of rotatable bonds is 8. The predicted octanol–water partition coefficient (Wildman–Crippen LogP) is 3.07. The first-order chi connectivity index (χ1) is 21.6. The molecule has 1 aromatic carbocycles. The van der Waals surface area contributed by atoms with Crippen LogP contribution in [-0.2, 0) is 26.1 Å². The highest BCUT2D eigenvalue weighted by atomic mass is 19.1. The molecule has 248 valence electrons. The molecule has 3 aliphatic rings. The SMILES string of the molecule is [2H][C@@](C)(COC1CCC(CN2CCN(c3ccc4c(c3F)n(C)c(=O)n4C3CCC(=O)NC3=O)CC2)CC1)NC(=O)OC(C)(C)C. The molecule has 3 fully saturated rings. The van der Waals surface area contributed by atoms with Crippen molar-refractivity contribution in [2.75, 3.05) is 44.2 Å². The summed E-state index contributed by atoms with van der Waals surface area (Å²) in [5.74, 6) is -0.873. The van der Waals surface area contributed by atoms with Gasteiger partial charge in [-0.05, 0) is 77.8 Å². The van der Waals surface area contributed by atoms with E-state index < -0.39 is 41.2 Å². The molecular weight excluding hydrogens is 583 g/mol. The van der Waals surface area contributed by atoms with Gasteiger partial charge in [-0.15, -0.1) is 0 Å². The highest BCUT2D eigenvalue weighted by Crippen LogP contribution is 2.31. The molecule has 12 nitrogen and oxygen atoms in total. The minimum Gasteiger partial charge on any atom is -0.444 e. The highest BCUT2D eigenvalue weighted by molar-refractivity contribution is 6.00. The number of carbonyl (C=O) groups is 3. The van der Waals surface area contributed by atoms with Gasteiger partial charge in [-0.1, -0.05) is 0 Å². The molecule has 1 aromatic heterocycles. The Balaban J connectivity index is 1.11. The lowest BCUT2D eigenvalue weighted by molar-refractivity contribution is -0.135. The van der Waals surface area contributed by atoms with Gasteiger partial charge in [-0.2, -0.15) is 0 Å². The number of ether oxygens (including phenoxy) is 2. The normalized spacial score (nSPS) is 25.1. The first-order valence-corrected chi connectivity index (χ1v) is 15.9. The molecule has 0 bridgehead atoms. The number of carbonyl (C=O) groups excluding carboxylic acids is 3. The third kappa shape index (κ3) is 7.69. The van der Waals surface area contributed by atoms with Gasteiger partial charge in [0.05, 0.1) is 31.3 Å². The number of nitrogens with one attached hydrogen (secondary N) is 2. The van der Waals surface area contributed by atoms with Crippen LogP contribution in [0.2, 0.25) is 0 Å². The summed E-state index contributed by atoms with van der Waals surface area (Å²) in [7, 11) is 1.50. The number of imide groups is 1. The van der Waals surface area contributed by atoms with E-state index in [0.29, 0.717) is 30.2 Å². The largest absolute Gasteiger partial charge is 0.444 e. The fraction of sp³-hybridized carbons (Fsp3) is 0.688. The van der Waals surface area contributed by atoms with Crippen LogP contribution in [0, 0.1) is 11.7 Å². The number of aromatic nitrogens is 2. The topological polar surface area (TPSA) is 127 Å². The van der Waals surface area contributed by atoms with Crippen molar-refractivity contribution in [2.45, 2.75) is 90.0 Å². The maximum atomic E-state index is 16.0. The number of anilines is 1. The molecule has 1 saturated carbocycles. The van der Waals surface area contributed by atoms with Crippen molar-refractivity contribution in [2.24, 2.45) is 13.0 Å². The van der Waals surface area contributed by atoms with Crippen LogP contribution in [0.25, 0.3) is 11.0 Å². The van der Waals surface area contributed by atoms with E-state index in [1.807, 2.05) is 4.90 Å². The summed E-state index contributed by atoms with van der Waals surface area (Å²) in [6, 6.07) is 1.24. The monoisotopic (exact) mass is 631 g/mol. The molecule has 2 saturated heterocycles. The summed E-state index contributed by atoms with van der Waals surface area (Å²) in [5.41, 5.74) is -0.195. The van der Waals surface area contributed by atoms with Crippen LogP contribution < -0.4 is 21.2 Å². The van der Waals surface area contributed by atoms with Gasteiger partial charge in [0.1, 0.15) is 17.2 Å². The van der Waals surface area contributed by atoms with Crippen molar-refractivity contribution in [3.8, 4) is 0 Å². The molecule has 2 atom stereocenters. The van der Waals surface area contributed by atoms with E-state index in [0.717, 1.165) is 45.3 Å². The fourth-order valence-corrected chi connectivity index (χ4v) is 6.67. The zero-order valence-corrected chi connectivity index (χ0v) is 27.0. The second kappa shape index (κ2) is 13.5. The Labute approximate surface area is 264 Å². The van der Waals surface area contributed by atoms with Crippen molar-refractivity contribution in [3.63, 3.8) is 0 Å². The number of piperidine rings is 1. The minimum atomic E-state index is -1.28. The number of hydrogen-bond donors (Lipinski definition) is 2. The number of nitrogens with zero attached hydrogens (tertiary/aromatic N) is 4. The van der Waals surface area contributed by atoms with Gasteiger partial charge < -0.3 is 19.7 Å². The number of alkyl carbamates (subject to hydrolysis) is 1. The third-order valence-corrected chi connectivity index (χ3v) is 8.96.